The fourth-order valence-corrected chi connectivity index (χ4v) is 4.06. The molecule has 0 bridgehead atoms. The number of ether oxygens (including phenoxy) is 1. The van der Waals surface area contributed by atoms with E-state index in [4.69, 9.17) is 4.74 Å². The van der Waals surface area contributed by atoms with Crippen LogP contribution in [0.4, 0.5) is 5.00 Å². The lowest BCUT2D eigenvalue weighted by atomic mass is 10.0. The molecular formula is C24H25NO3S. The van der Waals surface area contributed by atoms with Crippen molar-refractivity contribution < 1.29 is 14.3 Å². The maximum absolute atomic E-state index is 12.5. The number of nitrogens with one attached hydrogen (secondary N) is 1. The first-order valence-electron chi connectivity index (χ1n) is 9.66. The Morgan fingerprint density at radius 1 is 1.00 bits per heavy atom. The maximum atomic E-state index is 12.5. The van der Waals surface area contributed by atoms with E-state index in [1.165, 1.54) is 29.6 Å². The van der Waals surface area contributed by atoms with Crippen LogP contribution >= 0.6 is 11.3 Å². The Balaban J connectivity index is 1.77. The van der Waals surface area contributed by atoms with E-state index in [-0.39, 0.29) is 5.91 Å². The fraction of sp³-hybridized carbons (Fsp3) is 0.250. The monoisotopic (exact) mass is 407 g/mol. The lowest BCUT2D eigenvalue weighted by molar-refractivity contribution is -0.116. The molecule has 0 unspecified atom stereocenters. The van der Waals surface area contributed by atoms with Crippen molar-refractivity contribution in [2.24, 2.45) is 0 Å². The smallest absolute Gasteiger partial charge is 0.341 e. The summed E-state index contributed by atoms with van der Waals surface area (Å²) in [5, 5.41) is 5.32. The summed E-state index contributed by atoms with van der Waals surface area (Å²) in [4.78, 5) is 24.9. The summed E-state index contributed by atoms with van der Waals surface area (Å²) < 4.78 is 4.98. The summed E-state index contributed by atoms with van der Waals surface area (Å²) in [6, 6.07) is 16.2. The topological polar surface area (TPSA) is 55.4 Å². The van der Waals surface area contributed by atoms with Crippen molar-refractivity contribution in [2.45, 2.75) is 33.1 Å². The summed E-state index contributed by atoms with van der Waals surface area (Å²) in [6.07, 6.45) is 1.95. The van der Waals surface area contributed by atoms with Gasteiger partial charge >= 0.3 is 5.97 Å². The number of carbonyl (C=O) groups is 2. The maximum Gasteiger partial charge on any atom is 0.341 e. The lowest BCUT2D eigenvalue weighted by Crippen LogP contribution is -2.14. The van der Waals surface area contributed by atoms with Crippen LogP contribution in [0.1, 0.15) is 40.4 Å². The minimum atomic E-state index is -0.449. The minimum absolute atomic E-state index is 0.120. The Bertz CT molecular complexity index is 988. The molecule has 0 aliphatic rings. The van der Waals surface area contributed by atoms with Crippen LogP contribution in [0.3, 0.4) is 0 Å². The minimum Gasteiger partial charge on any atom is -0.465 e. The third-order valence-electron chi connectivity index (χ3n) is 4.87. The molecule has 4 nitrogen and oxygen atoms in total. The predicted octanol–water partition coefficient (Wildman–Crippen LogP) is 5.64. The lowest BCUT2D eigenvalue weighted by Gasteiger charge is -2.08. The summed E-state index contributed by atoms with van der Waals surface area (Å²) in [5.41, 5.74) is 5.65. The van der Waals surface area contributed by atoms with Gasteiger partial charge in [-0.2, -0.15) is 0 Å². The number of hydrogen-bond donors (Lipinski definition) is 1. The van der Waals surface area contributed by atoms with E-state index in [0.717, 1.165) is 23.1 Å². The molecule has 1 aromatic heterocycles. The molecule has 2 aromatic carbocycles. The van der Waals surface area contributed by atoms with Gasteiger partial charge in [0.1, 0.15) is 10.6 Å². The molecule has 0 aliphatic carbocycles. The predicted molar refractivity (Wildman–Crippen MR) is 119 cm³/mol. The van der Waals surface area contributed by atoms with E-state index >= 15 is 0 Å². The third-order valence-corrected chi connectivity index (χ3v) is 5.76. The molecule has 0 spiro atoms. The highest BCUT2D eigenvalue weighted by Crippen LogP contribution is 2.36. The average Bonchev–Trinajstić information content (AvgIpc) is 3.16. The molecule has 0 radical (unpaired) electrons. The van der Waals surface area contributed by atoms with Gasteiger partial charge in [0, 0.05) is 17.4 Å². The molecule has 29 heavy (non-hydrogen) atoms. The number of amides is 1. The largest absolute Gasteiger partial charge is 0.465 e. The highest BCUT2D eigenvalue weighted by molar-refractivity contribution is 7.15. The molecule has 150 valence electrons. The van der Waals surface area contributed by atoms with Gasteiger partial charge in [0.05, 0.1) is 7.11 Å². The zero-order valence-corrected chi connectivity index (χ0v) is 17.8. The number of hydrogen-bond acceptors (Lipinski definition) is 4. The average molecular weight is 408 g/mol. The number of anilines is 1. The summed E-state index contributed by atoms with van der Waals surface area (Å²) >= 11 is 1.34. The highest BCUT2D eigenvalue weighted by atomic mass is 32.1. The van der Waals surface area contributed by atoms with Crippen molar-refractivity contribution in [2.75, 3.05) is 12.4 Å². The molecule has 5 heteroatoms. The van der Waals surface area contributed by atoms with Crippen molar-refractivity contribution in [3.8, 4) is 11.1 Å². The van der Waals surface area contributed by atoms with Crippen LogP contribution in [0.2, 0.25) is 0 Å². The molecule has 0 fully saturated rings. The Morgan fingerprint density at radius 3 is 2.28 bits per heavy atom. The number of esters is 1. The standard InChI is InChI=1S/C24H25NO3S/c1-4-17-9-12-19(13-10-17)20-15-29-23(22(20)24(27)28-3)25-21(26)14-11-18-7-5-16(2)6-8-18/h5-10,12-13,15H,4,11,14H2,1-3H3,(H,25,26). The highest BCUT2D eigenvalue weighted by Gasteiger charge is 2.22. The summed E-state index contributed by atoms with van der Waals surface area (Å²) in [6.45, 7) is 4.14. The van der Waals surface area contributed by atoms with Crippen LogP contribution in [0.15, 0.2) is 53.9 Å². The van der Waals surface area contributed by atoms with Crippen molar-refractivity contribution in [1.29, 1.82) is 0 Å². The zero-order valence-electron chi connectivity index (χ0n) is 17.0. The van der Waals surface area contributed by atoms with Gasteiger partial charge in [0.15, 0.2) is 0 Å². The van der Waals surface area contributed by atoms with Gasteiger partial charge < -0.3 is 10.1 Å². The number of methoxy groups -OCH3 is 1. The number of rotatable bonds is 7. The molecular weight excluding hydrogens is 382 g/mol. The number of thiophene rings is 1. The third kappa shape index (κ3) is 5.12. The number of carbonyl (C=O) groups excluding carboxylic acids is 2. The molecule has 1 N–H and O–H groups in total. The van der Waals surface area contributed by atoms with Gasteiger partial charge in [-0.1, -0.05) is 61.0 Å². The Kier molecular flexibility index (Phi) is 6.83. The molecule has 0 saturated heterocycles. The van der Waals surface area contributed by atoms with Gasteiger partial charge in [-0.25, -0.2) is 4.79 Å². The van der Waals surface area contributed by atoms with Crippen molar-refractivity contribution in [3.63, 3.8) is 0 Å². The second-order valence-electron chi connectivity index (χ2n) is 6.93. The zero-order chi connectivity index (χ0) is 20.8. The first kappa shape index (κ1) is 20.8. The van der Waals surface area contributed by atoms with E-state index in [2.05, 4.69) is 12.2 Å². The van der Waals surface area contributed by atoms with Gasteiger partial charge in [-0.05, 0) is 36.5 Å². The van der Waals surface area contributed by atoms with E-state index in [1.54, 1.807) is 0 Å². The molecule has 0 aliphatic heterocycles. The van der Waals surface area contributed by atoms with Crippen molar-refractivity contribution in [3.05, 3.63) is 76.2 Å². The molecule has 0 saturated carbocycles. The Labute approximate surface area is 175 Å². The summed E-state index contributed by atoms with van der Waals surface area (Å²) in [7, 11) is 1.35. The van der Waals surface area contributed by atoms with Gasteiger partial charge in [-0.3, -0.25) is 4.79 Å². The fourth-order valence-electron chi connectivity index (χ4n) is 3.09. The Hall–Kier alpha value is -2.92. The van der Waals surface area contributed by atoms with Crippen molar-refractivity contribution in [1.82, 2.24) is 0 Å². The molecule has 1 heterocycles. The van der Waals surface area contributed by atoms with Crippen molar-refractivity contribution >= 4 is 28.2 Å². The normalized spacial score (nSPS) is 10.6. The molecule has 3 aromatic rings. The van der Waals surface area contributed by atoms with Gasteiger partial charge in [0.25, 0.3) is 0 Å². The van der Waals surface area contributed by atoms with Crippen LogP contribution in [-0.4, -0.2) is 19.0 Å². The first-order valence-corrected chi connectivity index (χ1v) is 10.5. The van der Waals surface area contributed by atoms with Crippen LogP contribution in [-0.2, 0) is 22.4 Å². The quantitative estimate of drug-likeness (QED) is 0.515. The molecule has 1 amide bonds. The van der Waals surface area contributed by atoms with Crippen LogP contribution in [0.5, 0.6) is 0 Å². The SMILES string of the molecule is CCc1ccc(-c2csc(NC(=O)CCc3ccc(C)cc3)c2C(=O)OC)cc1. The Morgan fingerprint density at radius 2 is 1.66 bits per heavy atom. The van der Waals surface area contributed by atoms with E-state index in [1.807, 2.05) is 60.8 Å². The van der Waals surface area contributed by atoms with Gasteiger partial charge in [0.2, 0.25) is 5.91 Å². The van der Waals surface area contributed by atoms with E-state index in [9.17, 15) is 9.59 Å². The van der Waals surface area contributed by atoms with Gasteiger partial charge in [-0.15, -0.1) is 11.3 Å². The van der Waals surface area contributed by atoms with E-state index in [0.29, 0.717) is 23.4 Å². The molecule has 3 rings (SSSR count). The second-order valence-corrected chi connectivity index (χ2v) is 7.81. The second kappa shape index (κ2) is 9.52. The first-order chi connectivity index (χ1) is 14.0. The number of benzene rings is 2. The number of aryl methyl sites for hydroxylation is 3. The molecule has 0 atom stereocenters. The van der Waals surface area contributed by atoms with Crippen LogP contribution in [0.25, 0.3) is 11.1 Å². The summed E-state index contributed by atoms with van der Waals surface area (Å²) in [5.74, 6) is -0.569. The van der Waals surface area contributed by atoms with Crippen LogP contribution < -0.4 is 5.32 Å². The van der Waals surface area contributed by atoms with E-state index < -0.39 is 5.97 Å². The van der Waals surface area contributed by atoms with Crippen LogP contribution in [0, 0.1) is 6.92 Å².